The molecule has 0 saturated carbocycles. The zero-order chi connectivity index (χ0) is 19.0. The highest BCUT2D eigenvalue weighted by atomic mass is 19.1. The summed E-state index contributed by atoms with van der Waals surface area (Å²) < 4.78 is 16.6. The Kier molecular flexibility index (Phi) is 4.15. The predicted molar refractivity (Wildman–Crippen MR) is 100 cm³/mol. The maximum absolute atomic E-state index is 13.1. The Labute approximate surface area is 155 Å². The molecule has 4 aromatic rings. The smallest absolute Gasteiger partial charge is 0.159 e. The lowest BCUT2D eigenvalue weighted by Gasteiger charge is -2.07. The average molecular weight is 363 g/mol. The van der Waals surface area contributed by atoms with Crippen molar-refractivity contribution in [3.63, 3.8) is 0 Å². The van der Waals surface area contributed by atoms with Crippen LogP contribution in [0.25, 0.3) is 11.5 Å². The fourth-order valence-electron chi connectivity index (χ4n) is 2.84. The predicted octanol–water partition coefficient (Wildman–Crippen LogP) is 3.66. The van der Waals surface area contributed by atoms with E-state index in [-0.39, 0.29) is 5.82 Å². The monoisotopic (exact) mass is 363 g/mol. The molecule has 4 rings (SSSR count). The fourth-order valence-corrected chi connectivity index (χ4v) is 2.84. The third-order valence-corrected chi connectivity index (χ3v) is 4.13. The Morgan fingerprint density at radius 1 is 0.963 bits per heavy atom. The molecule has 3 heterocycles. The molecule has 27 heavy (non-hydrogen) atoms. The first-order chi connectivity index (χ1) is 13.0. The Morgan fingerprint density at radius 2 is 1.74 bits per heavy atom. The number of aromatic nitrogens is 6. The van der Waals surface area contributed by atoms with Gasteiger partial charge >= 0.3 is 0 Å². The van der Waals surface area contributed by atoms with Gasteiger partial charge in [-0.15, -0.1) is 0 Å². The minimum Gasteiger partial charge on any atom is -0.337 e. The van der Waals surface area contributed by atoms with Gasteiger partial charge in [-0.1, -0.05) is 0 Å². The molecule has 0 atom stereocenters. The van der Waals surface area contributed by atoms with Crippen molar-refractivity contribution in [3.8, 4) is 11.5 Å². The van der Waals surface area contributed by atoms with Crippen LogP contribution in [0, 0.1) is 26.6 Å². The van der Waals surface area contributed by atoms with Crippen LogP contribution in [-0.4, -0.2) is 29.5 Å². The topological polar surface area (TPSA) is 73.5 Å². The number of aryl methyl sites for hydroxylation is 3. The quantitative estimate of drug-likeness (QED) is 0.599. The Bertz CT molecular complexity index is 1100. The highest BCUT2D eigenvalue weighted by Crippen LogP contribution is 2.21. The Morgan fingerprint density at radius 3 is 2.44 bits per heavy atom. The van der Waals surface area contributed by atoms with Crippen molar-refractivity contribution >= 4 is 11.5 Å². The van der Waals surface area contributed by atoms with Gasteiger partial charge in [0.1, 0.15) is 18.0 Å². The maximum Gasteiger partial charge on any atom is 0.159 e. The summed E-state index contributed by atoms with van der Waals surface area (Å²) in [5, 5.41) is 12.2. The molecule has 0 aliphatic heterocycles. The summed E-state index contributed by atoms with van der Waals surface area (Å²) in [5.41, 5.74) is 4.30. The van der Waals surface area contributed by atoms with E-state index in [1.54, 1.807) is 21.5 Å². The molecular formula is C19H18FN7. The van der Waals surface area contributed by atoms with E-state index in [4.69, 9.17) is 0 Å². The normalized spacial score (nSPS) is 11.0. The highest BCUT2D eigenvalue weighted by Gasteiger charge is 2.10. The molecule has 136 valence electrons. The fraction of sp³-hybridized carbons (Fsp3) is 0.158. The van der Waals surface area contributed by atoms with Gasteiger partial charge in [-0.25, -0.2) is 23.7 Å². The number of nitrogens with one attached hydrogen (secondary N) is 1. The molecule has 0 saturated heterocycles. The van der Waals surface area contributed by atoms with Crippen LogP contribution < -0.4 is 5.32 Å². The Balaban J connectivity index is 1.62. The second-order valence-corrected chi connectivity index (χ2v) is 6.27. The Hall–Kier alpha value is -3.55. The lowest BCUT2D eigenvalue weighted by Crippen LogP contribution is -2.04. The van der Waals surface area contributed by atoms with Crippen LogP contribution in [0.15, 0.2) is 48.9 Å². The molecule has 0 aliphatic rings. The van der Waals surface area contributed by atoms with E-state index in [9.17, 15) is 4.39 Å². The van der Waals surface area contributed by atoms with Crippen LogP contribution in [0.4, 0.5) is 15.9 Å². The number of hydrogen-bond donors (Lipinski definition) is 1. The van der Waals surface area contributed by atoms with Crippen LogP contribution in [-0.2, 0) is 0 Å². The average Bonchev–Trinajstić information content (AvgIpc) is 3.18. The molecule has 1 N–H and O–H groups in total. The molecule has 1 aromatic carbocycles. The van der Waals surface area contributed by atoms with Crippen molar-refractivity contribution in [1.29, 1.82) is 0 Å². The minimum atomic E-state index is -0.279. The summed E-state index contributed by atoms with van der Waals surface area (Å²) in [5.74, 6) is 1.04. The van der Waals surface area contributed by atoms with Crippen molar-refractivity contribution in [3.05, 3.63) is 71.8 Å². The molecule has 0 bridgehead atoms. The molecule has 0 aliphatic carbocycles. The summed E-state index contributed by atoms with van der Waals surface area (Å²) in [6.07, 6.45) is 3.33. The van der Waals surface area contributed by atoms with Gasteiger partial charge in [0.05, 0.1) is 29.0 Å². The largest absolute Gasteiger partial charge is 0.337 e. The number of rotatable bonds is 4. The summed E-state index contributed by atoms with van der Waals surface area (Å²) in [4.78, 5) is 8.58. The first-order valence-electron chi connectivity index (χ1n) is 8.44. The number of anilines is 2. The van der Waals surface area contributed by atoms with E-state index in [0.717, 1.165) is 28.5 Å². The first-order valence-corrected chi connectivity index (χ1v) is 8.44. The maximum atomic E-state index is 13.1. The van der Waals surface area contributed by atoms with E-state index in [0.29, 0.717) is 11.6 Å². The molecule has 0 amide bonds. The van der Waals surface area contributed by atoms with Gasteiger partial charge in [0.15, 0.2) is 5.82 Å². The summed E-state index contributed by atoms with van der Waals surface area (Å²) in [6.45, 7) is 5.81. The lowest BCUT2D eigenvalue weighted by atomic mass is 10.3. The van der Waals surface area contributed by atoms with E-state index in [2.05, 4.69) is 25.5 Å². The van der Waals surface area contributed by atoms with Gasteiger partial charge in [-0.3, -0.25) is 0 Å². The van der Waals surface area contributed by atoms with Gasteiger partial charge in [0.25, 0.3) is 0 Å². The van der Waals surface area contributed by atoms with Gasteiger partial charge in [-0.05, 0) is 51.1 Å². The third kappa shape index (κ3) is 3.41. The second-order valence-electron chi connectivity index (χ2n) is 6.27. The van der Waals surface area contributed by atoms with Crippen molar-refractivity contribution in [1.82, 2.24) is 29.5 Å². The third-order valence-electron chi connectivity index (χ3n) is 4.13. The van der Waals surface area contributed by atoms with E-state index >= 15 is 0 Å². The number of hydrogen-bond acceptors (Lipinski definition) is 5. The zero-order valence-corrected chi connectivity index (χ0v) is 15.2. The van der Waals surface area contributed by atoms with Gasteiger partial charge < -0.3 is 5.32 Å². The van der Waals surface area contributed by atoms with Crippen molar-refractivity contribution in [2.75, 3.05) is 5.32 Å². The highest BCUT2D eigenvalue weighted by molar-refractivity contribution is 5.59. The SMILES string of the molecule is Cc1cc(C)n(-c2cc(Nc3cn(-c4ccc(F)cc4)nc3C)ncn2)n1. The van der Waals surface area contributed by atoms with Gasteiger partial charge in [-0.2, -0.15) is 10.2 Å². The van der Waals surface area contributed by atoms with E-state index < -0.39 is 0 Å². The minimum absolute atomic E-state index is 0.279. The molecule has 0 spiro atoms. The van der Waals surface area contributed by atoms with Crippen molar-refractivity contribution in [2.45, 2.75) is 20.8 Å². The van der Waals surface area contributed by atoms with Crippen LogP contribution in [0.5, 0.6) is 0 Å². The second kappa shape index (κ2) is 6.64. The summed E-state index contributed by atoms with van der Waals surface area (Å²) in [6, 6.07) is 9.99. The molecule has 0 radical (unpaired) electrons. The lowest BCUT2D eigenvalue weighted by molar-refractivity contribution is 0.627. The molecule has 8 heteroatoms. The number of nitrogens with zero attached hydrogens (tertiary/aromatic N) is 6. The molecule has 3 aromatic heterocycles. The van der Waals surface area contributed by atoms with Crippen molar-refractivity contribution in [2.24, 2.45) is 0 Å². The van der Waals surface area contributed by atoms with Crippen molar-refractivity contribution < 1.29 is 4.39 Å². The number of benzene rings is 1. The van der Waals surface area contributed by atoms with Crippen LogP contribution in [0.3, 0.4) is 0 Å². The van der Waals surface area contributed by atoms with Crippen LogP contribution >= 0.6 is 0 Å². The molecule has 0 fully saturated rings. The van der Waals surface area contributed by atoms with E-state index in [1.807, 2.05) is 39.1 Å². The molecule has 7 nitrogen and oxygen atoms in total. The summed E-state index contributed by atoms with van der Waals surface area (Å²) in [7, 11) is 0. The summed E-state index contributed by atoms with van der Waals surface area (Å²) >= 11 is 0. The molecule has 0 unspecified atom stereocenters. The number of halogens is 1. The zero-order valence-electron chi connectivity index (χ0n) is 15.2. The molecular weight excluding hydrogens is 345 g/mol. The van der Waals surface area contributed by atoms with E-state index in [1.165, 1.54) is 18.5 Å². The van der Waals surface area contributed by atoms with Crippen LogP contribution in [0.2, 0.25) is 0 Å². The van der Waals surface area contributed by atoms with Gasteiger partial charge in [0, 0.05) is 11.8 Å². The van der Waals surface area contributed by atoms with Gasteiger partial charge in [0.2, 0.25) is 0 Å². The standard InChI is InChI=1S/C19H18FN7/c1-12-8-13(2)27(24-12)19-9-18(21-11-22-19)23-17-10-26(25-14(17)3)16-6-4-15(20)5-7-16/h4-11H,1-3H3,(H,21,22,23). The van der Waals surface area contributed by atoms with Crippen LogP contribution in [0.1, 0.15) is 17.1 Å². The first kappa shape index (κ1) is 16.9.